The van der Waals surface area contributed by atoms with Crippen molar-refractivity contribution in [2.75, 3.05) is 6.61 Å². The molecule has 1 atom stereocenters. The first-order chi connectivity index (χ1) is 3.39. The molecular formula is C5H7FO. The van der Waals surface area contributed by atoms with Crippen LogP contribution in [0.1, 0.15) is 12.8 Å². The van der Waals surface area contributed by atoms with Crippen LogP contribution in [0.5, 0.6) is 0 Å². The molecule has 1 heterocycles. The van der Waals surface area contributed by atoms with Gasteiger partial charge >= 0.3 is 0 Å². The van der Waals surface area contributed by atoms with Crippen LogP contribution in [0, 0.1) is 6.61 Å². The maximum absolute atomic E-state index is 11.9. The number of halogens is 1. The van der Waals surface area contributed by atoms with Gasteiger partial charge in [-0.3, -0.25) is 0 Å². The lowest BCUT2D eigenvalue weighted by atomic mass is 10.2. The molecule has 0 saturated carbocycles. The number of ether oxygens (including phenoxy) is 1. The Kier molecular flexibility index (Phi) is 1.63. The molecule has 1 aliphatic rings. The van der Waals surface area contributed by atoms with Crippen molar-refractivity contribution in [3.05, 3.63) is 6.61 Å². The van der Waals surface area contributed by atoms with Gasteiger partial charge in [-0.05, 0) is 12.8 Å². The Hall–Kier alpha value is -0.110. The van der Waals surface area contributed by atoms with Gasteiger partial charge in [0.15, 0.2) is 6.61 Å². The molecule has 0 amide bonds. The standard InChI is InChI=1S/C5H7FO/c6-5-2-1-3-7-4-5/h5H,1-3H2. The van der Waals surface area contributed by atoms with E-state index in [1.54, 1.807) is 0 Å². The Morgan fingerprint density at radius 2 is 2.57 bits per heavy atom. The van der Waals surface area contributed by atoms with Crippen molar-refractivity contribution in [2.24, 2.45) is 0 Å². The van der Waals surface area contributed by atoms with Gasteiger partial charge in [-0.1, -0.05) is 0 Å². The molecule has 7 heavy (non-hydrogen) atoms. The highest BCUT2D eigenvalue weighted by atomic mass is 19.1. The maximum atomic E-state index is 11.9. The highest BCUT2D eigenvalue weighted by Crippen LogP contribution is 2.11. The Labute approximate surface area is 42.5 Å². The second-order valence-electron chi connectivity index (χ2n) is 1.58. The second-order valence-corrected chi connectivity index (χ2v) is 1.58. The van der Waals surface area contributed by atoms with E-state index in [9.17, 15) is 4.39 Å². The first-order valence-corrected chi connectivity index (χ1v) is 2.41. The first kappa shape index (κ1) is 5.04. The quantitative estimate of drug-likeness (QED) is 0.446. The zero-order valence-corrected chi connectivity index (χ0v) is 3.98. The topological polar surface area (TPSA) is 9.23 Å². The molecule has 0 bridgehead atoms. The van der Waals surface area contributed by atoms with Crippen molar-refractivity contribution in [3.63, 3.8) is 0 Å². The number of rotatable bonds is 0. The molecule has 1 nitrogen and oxygen atoms in total. The van der Waals surface area contributed by atoms with Gasteiger partial charge in [-0.2, -0.15) is 0 Å². The molecular weight excluding hydrogens is 95.1 g/mol. The smallest absolute Gasteiger partial charge is 0.169 e. The molecule has 0 aliphatic carbocycles. The summed E-state index contributed by atoms with van der Waals surface area (Å²) in [6.45, 7) is 2.85. The van der Waals surface area contributed by atoms with Gasteiger partial charge in [0.2, 0.25) is 0 Å². The van der Waals surface area contributed by atoms with E-state index in [-0.39, 0.29) is 0 Å². The van der Waals surface area contributed by atoms with Crippen LogP contribution in [0.2, 0.25) is 0 Å². The average molecular weight is 102 g/mol. The molecule has 0 aromatic rings. The minimum atomic E-state index is -0.936. The lowest BCUT2D eigenvalue weighted by Crippen LogP contribution is -2.11. The molecule has 0 aromatic carbocycles. The van der Waals surface area contributed by atoms with E-state index in [1.165, 1.54) is 0 Å². The van der Waals surface area contributed by atoms with Gasteiger partial charge in [-0.25, -0.2) is 4.39 Å². The molecule has 40 valence electrons. The van der Waals surface area contributed by atoms with Gasteiger partial charge in [-0.15, -0.1) is 0 Å². The lowest BCUT2D eigenvalue weighted by Gasteiger charge is -2.11. The van der Waals surface area contributed by atoms with Gasteiger partial charge < -0.3 is 4.74 Å². The molecule has 2 heteroatoms. The predicted octanol–water partition coefficient (Wildman–Crippen LogP) is 1.17. The second kappa shape index (κ2) is 2.26. The Morgan fingerprint density at radius 3 is 2.86 bits per heavy atom. The maximum Gasteiger partial charge on any atom is 0.169 e. The van der Waals surface area contributed by atoms with Crippen LogP contribution in [0.3, 0.4) is 0 Å². The number of hydrogen-bond donors (Lipinski definition) is 0. The molecule has 1 fully saturated rings. The Morgan fingerprint density at radius 1 is 1.71 bits per heavy atom. The Balaban J connectivity index is 2.12. The summed E-state index contributed by atoms with van der Waals surface area (Å²) >= 11 is 0. The third kappa shape index (κ3) is 1.43. The monoisotopic (exact) mass is 102 g/mol. The largest absolute Gasteiger partial charge is 0.365 e. The van der Waals surface area contributed by atoms with Crippen molar-refractivity contribution in [2.45, 2.75) is 19.0 Å². The molecule has 1 rings (SSSR count). The lowest BCUT2D eigenvalue weighted by molar-refractivity contribution is 0.0942. The average Bonchev–Trinajstić information content (AvgIpc) is 1.69. The summed E-state index contributed by atoms with van der Waals surface area (Å²) in [5.41, 5.74) is 0. The third-order valence-corrected chi connectivity index (χ3v) is 0.915. The first-order valence-electron chi connectivity index (χ1n) is 2.41. The fourth-order valence-electron chi connectivity index (χ4n) is 0.543. The number of hydrogen-bond acceptors (Lipinski definition) is 1. The molecule has 1 aliphatic heterocycles. The van der Waals surface area contributed by atoms with E-state index in [0.717, 1.165) is 6.42 Å². The summed E-state index contributed by atoms with van der Waals surface area (Å²) in [6.07, 6.45) is 0.475. The van der Waals surface area contributed by atoms with Crippen molar-refractivity contribution in [1.29, 1.82) is 0 Å². The van der Waals surface area contributed by atoms with Crippen LogP contribution in [0.15, 0.2) is 0 Å². The fourth-order valence-corrected chi connectivity index (χ4v) is 0.543. The third-order valence-electron chi connectivity index (χ3n) is 0.915. The van der Waals surface area contributed by atoms with Crippen LogP contribution in [0.4, 0.5) is 4.39 Å². The molecule has 1 saturated heterocycles. The molecule has 0 N–H and O–H groups in total. The van der Waals surface area contributed by atoms with E-state index in [1.807, 2.05) is 0 Å². The van der Waals surface area contributed by atoms with Gasteiger partial charge in [0.05, 0.1) is 0 Å². The van der Waals surface area contributed by atoms with Crippen molar-refractivity contribution < 1.29 is 9.13 Å². The van der Waals surface area contributed by atoms with E-state index in [2.05, 4.69) is 11.3 Å². The van der Waals surface area contributed by atoms with Crippen LogP contribution < -0.4 is 0 Å². The fraction of sp³-hybridized carbons (Fsp3) is 0.800. The van der Waals surface area contributed by atoms with Crippen molar-refractivity contribution in [3.8, 4) is 0 Å². The van der Waals surface area contributed by atoms with Crippen molar-refractivity contribution >= 4 is 0 Å². The van der Waals surface area contributed by atoms with Gasteiger partial charge in [0, 0.05) is 6.61 Å². The van der Waals surface area contributed by atoms with Crippen molar-refractivity contribution in [1.82, 2.24) is 0 Å². The van der Waals surface area contributed by atoms with E-state index in [0.29, 0.717) is 13.0 Å². The normalized spacial score (nSPS) is 33.0. The molecule has 0 aromatic heterocycles. The minimum absolute atomic E-state index is 0.583. The van der Waals surface area contributed by atoms with Gasteiger partial charge in [0.1, 0.15) is 6.17 Å². The summed E-state index contributed by atoms with van der Waals surface area (Å²) in [7, 11) is 0. The zero-order chi connectivity index (χ0) is 5.11. The van der Waals surface area contributed by atoms with Crippen LogP contribution in [-0.4, -0.2) is 12.8 Å². The summed E-state index contributed by atoms with van der Waals surface area (Å²) < 4.78 is 16.5. The predicted molar refractivity (Wildman–Crippen MR) is 23.3 cm³/mol. The van der Waals surface area contributed by atoms with E-state index in [4.69, 9.17) is 0 Å². The highest BCUT2D eigenvalue weighted by molar-refractivity contribution is 4.69. The Bertz CT molecular complexity index is 50.0. The zero-order valence-electron chi connectivity index (χ0n) is 3.98. The number of alkyl halides is 1. The van der Waals surface area contributed by atoms with Crippen LogP contribution in [-0.2, 0) is 4.74 Å². The van der Waals surface area contributed by atoms with E-state index >= 15 is 0 Å². The van der Waals surface area contributed by atoms with Crippen LogP contribution in [0.25, 0.3) is 0 Å². The van der Waals surface area contributed by atoms with Crippen LogP contribution >= 0.6 is 0 Å². The minimum Gasteiger partial charge on any atom is -0.365 e. The van der Waals surface area contributed by atoms with E-state index < -0.39 is 6.17 Å². The summed E-state index contributed by atoms with van der Waals surface area (Å²) in [5.74, 6) is 0. The SMILES string of the molecule is FC1[C]OCCC1. The molecule has 2 radical (unpaired) electrons. The highest BCUT2D eigenvalue weighted by Gasteiger charge is 2.12. The summed E-state index contributed by atoms with van der Waals surface area (Å²) in [5, 5.41) is 0. The molecule has 0 spiro atoms. The van der Waals surface area contributed by atoms with Gasteiger partial charge in [0.25, 0.3) is 0 Å². The summed E-state index contributed by atoms with van der Waals surface area (Å²) in [6, 6.07) is 0. The summed E-state index contributed by atoms with van der Waals surface area (Å²) in [4.78, 5) is 0. The molecule has 1 unspecified atom stereocenters.